The first kappa shape index (κ1) is 23.2. The van der Waals surface area contributed by atoms with E-state index >= 15 is 0 Å². The quantitative estimate of drug-likeness (QED) is 0.594. The van der Waals surface area contributed by atoms with Crippen molar-refractivity contribution in [1.29, 1.82) is 0 Å². The smallest absolute Gasteiger partial charge is 0.243 e. The lowest BCUT2D eigenvalue weighted by Crippen LogP contribution is -2.40. The van der Waals surface area contributed by atoms with Crippen molar-refractivity contribution in [3.05, 3.63) is 46.4 Å². The number of rotatable bonds is 7. The van der Waals surface area contributed by atoms with Gasteiger partial charge in [-0.05, 0) is 36.4 Å². The third-order valence-corrected chi connectivity index (χ3v) is 7.93. The summed E-state index contributed by atoms with van der Waals surface area (Å²) in [5.41, 5.74) is 0.273. The van der Waals surface area contributed by atoms with E-state index in [9.17, 15) is 13.2 Å². The van der Waals surface area contributed by atoms with E-state index < -0.39 is 10.0 Å². The molecule has 0 spiro atoms. The van der Waals surface area contributed by atoms with Crippen molar-refractivity contribution < 1.29 is 22.7 Å². The number of nitrogens with one attached hydrogen (secondary N) is 1. The number of anilines is 1. The first-order valence-corrected chi connectivity index (χ1v) is 12.1. The number of hydrogen-bond acceptors (Lipinski definition) is 6. The number of morpholine rings is 1. The molecule has 1 heterocycles. The number of carbonyl (C=O) groups is 1. The van der Waals surface area contributed by atoms with Crippen LogP contribution in [-0.2, 0) is 19.6 Å². The molecule has 2 aromatic rings. The molecular formula is C19H20Cl2N2O5S2. The average Bonchev–Trinajstić information content (AvgIpc) is 2.75. The number of benzene rings is 2. The van der Waals surface area contributed by atoms with Gasteiger partial charge in [0.15, 0.2) is 0 Å². The van der Waals surface area contributed by atoms with Crippen LogP contribution in [-0.4, -0.2) is 57.8 Å². The Kier molecular flexibility index (Phi) is 7.89. The minimum absolute atomic E-state index is 0.0592. The maximum Gasteiger partial charge on any atom is 0.243 e. The van der Waals surface area contributed by atoms with E-state index in [1.165, 1.54) is 41.4 Å². The highest BCUT2D eigenvalue weighted by Crippen LogP contribution is 2.32. The topological polar surface area (TPSA) is 84.9 Å². The standard InChI is InChI=1S/C19H20Cl2N2O5S2/c1-27-17-5-3-14(30(25,26)23-6-8-28-9-7-23)11-16(17)22-19(24)12-29-18-10-13(20)2-4-15(18)21/h2-5,10-11H,6-9,12H2,1H3,(H,22,24). The van der Waals surface area contributed by atoms with Crippen LogP contribution >= 0.6 is 35.0 Å². The molecule has 0 radical (unpaired) electrons. The molecule has 0 aliphatic carbocycles. The van der Waals surface area contributed by atoms with Crippen LogP contribution in [0, 0.1) is 0 Å². The summed E-state index contributed by atoms with van der Waals surface area (Å²) in [4.78, 5) is 13.2. The van der Waals surface area contributed by atoms with Gasteiger partial charge in [0.2, 0.25) is 15.9 Å². The predicted octanol–water partition coefficient (Wildman–Crippen LogP) is 3.75. The number of sulfonamides is 1. The maximum atomic E-state index is 12.9. The number of nitrogens with zero attached hydrogens (tertiary/aromatic N) is 1. The zero-order valence-electron chi connectivity index (χ0n) is 16.1. The fourth-order valence-electron chi connectivity index (χ4n) is 2.80. The maximum absolute atomic E-state index is 12.9. The predicted molar refractivity (Wildman–Crippen MR) is 118 cm³/mol. The van der Waals surface area contributed by atoms with Crippen molar-refractivity contribution in [2.75, 3.05) is 44.5 Å². The number of ether oxygens (including phenoxy) is 2. The van der Waals surface area contributed by atoms with Gasteiger partial charge in [-0.3, -0.25) is 4.79 Å². The summed E-state index contributed by atoms with van der Waals surface area (Å²) in [6, 6.07) is 9.38. The first-order valence-electron chi connectivity index (χ1n) is 8.95. The van der Waals surface area contributed by atoms with Crippen molar-refractivity contribution in [2.24, 2.45) is 0 Å². The van der Waals surface area contributed by atoms with Crippen molar-refractivity contribution >= 4 is 56.6 Å². The van der Waals surface area contributed by atoms with E-state index in [1.807, 2.05) is 0 Å². The molecule has 1 saturated heterocycles. The average molecular weight is 491 g/mol. The number of hydrogen-bond donors (Lipinski definition) is 1. The first-order chi connectivity index (χ1) is 14.3. The number of carbonyl (C=O) groups excluding carboxylic acids is 1. The van der Waals surface area contributed by atoms with Gasteiger partial charge in [-0.25, -0.2) is 8.42 Å². The van der Waals surface area contributed by atoms with Crippen LogP contribution in [0.3, 0.4) is 0 Å². The molecule has 0 aromatic heterocycles. The van der Waals surface area contributed by atoms with Crippen LogP contribution < -0.4 is 10.1 Å². The molecule has 1 aliphatic rings. The molecule has 0 atom stereocenters. The molecule has 7 nitrogen and oxygen atoms in total. The Hall–Kier alpha value is -1.49. The molecule has 3 rings (SSSR count). The van der Waals surface area contributed by atoms with E-state index in [0.717, 1.165) is 0 Å². The van der Waals surface area contributed by atoms with Gasteiger partial charge in [-0.1, -0.05) is 23.2 Å². The van der Waals surface area contributed by atoms with E-state index in [4.69, 9.17) is 32.7 Å². The minimum Gasteiger partial charge on any atom is -0.495 e. The lowest BCUT2D eigenvalue weighted by Gasteiger charge is -2.26. The summed E-state index contributed by atoms with van der Waals surface area (Å²) in [6.07, 6.45) is 0. The molecule has 2 aromatic carbocycles. The third kappa shape index (κ3) is 5.60. The fraction of sp³-hybridized carbons (Fsp3) is 0.316. The van der Waals surface area contributed by atoms with Gasteiger partial charge in [-0.2, -0.15) is 4.31 Å². The van der Waals surface area contributed by atoms with Gasteiger partial charge < -0.3 is 14.8 Å². The summed E-state index contributed by atoms with van der Waals surface area (Å²) >= 11 is 13.3. The number of thioether (sulfide) groups is 1. The molecule has 1 amide bonds. The monoisotopic (exact) mass is 490 g/mol. The highest BCUT2D eigenvalue weighted by molar-refractivity contribution is 8.00. The van der Waals surface area contributed by atoms with E-state index in [2.05, 4.69) is 5.32 Å². The molecule has 1 fully saturated rings. The van der Waals surface area contributed by atoms with Crippen molar-refractivity contribution in [3.63, 3.8) is 0 Å². The van der Waals surface area contributed by atoms with Gasteiger partial charge in [0.25, 0.3) is 0 Å². The minimum atomic E-state index is -3.70. The second-order valence-electron chi connectivity index (χ2n) is 6.29. The fourth-order valence-corrected chi connectivity index (χ4v) is 5.53. The zero-order valence-corrected chi connectivity index (χ0v) is 19.2. The lowest BCUT2D eigenvalue weighted by atomic mass is 10.3. The Bertz CT molecular complexity index is 1030. The van der Waals surface area contributed by atoms with Gasteiger partial charge in [0, 0.05) is 23.0 Å². The van der Waals surface area contributed by atoms with Crippen LogP contribution in [0.4, 0.5) is 5.69 Å². The highest BCUT2D eigenvalue weighted by atomic mass is 35.5. The van der Waals surface area contributed by atoms with Crippen LogP contribution in [0.15, 0.2) is 46.2 Å². The molecular weight excluding hydrogens is 471 g/mol. The molecule has 0 unspecified atom stereocenters. The lowest BCUT2D eigenvalue weighted by molar-refractivity contribution is -0.113. The number of halogens is 2. The Morgan fingerprint density at radius 1 is 1.20 bits per heavy atom. The molecule has 0 saturated carbocycles. The normalized spacial score (nSPS) is 15.0. The Balaban J connectivity index is 1.75. The Morgan fingerprint density at radius 2 is 1.93 bits per heavy atom. The summed E-state index contributed by atoms with van der Waals surface area (Å²) in [5, 5.41) is 3.73. The number of amides is 1. The zero-order chi connectivity index (χ0) is 21.7. The molecule has 11 heteroatoms. The van der Waals surface area contributed by atoms with E-state index in [1.54, 1.807) is 18.2 Å². The second kappa shape index (κ2) is 10.2. The summed E-state index contributed by atoms with van der Waals surface area (Å²) in [6.45, 7) is 1.27. The third-order valence-electron chi connectivity index (χ3n) is 4.30. The largest absolute Gasteiger partial charge is 0.495 e. The molecule has 30 heavy (non-hydrogen) atoms. The Morgan fingerprint density at radius 3 is 2.63 bits per heavy atom. The molecule has 0 bridgehead atoms. The van der Waals surface area contributed by atoms with Gasteiger partial charge >= 0.3 is 0 Å². The summed E-state index contributed by atoms with van der Waals surface area (Å²) in [7, 11) is -2.26. The van der Waals surface area contributed by atoms with Crippen LogP contribution in [0.1, 0.15) is 0 Å². The number of methoxy groups -OCH3 is 1. The van der Waals surface area contributed by atoms with E-state index in [-0.39, 0.29) is 35.3 Å². The van der Waals surface area contributed by atoms with E-state index in [0.29, 0.717) is 33.9 Å². The molecule has 1 N–H and O–H groups in total. The summed E-state index contributed by atoms with van der Waals surface area (Å²) in [5.74, 6) is 0.0780. The SMILES string of the molecule is COc1ccc(S(=O)(=O)N2CCOCC2)cc1NC(=O)CSc1cc(Cl)ccc1Cl. The molecule has 162 valence electrons. The van der Waals surface area contributed by atoms with Crippen LogP contribution in [0.5, 0.6) is 5.75 Å². The summed E-state index contributed by atoms with van der Waals surface area (Å²) < 4.78 is 37.6. The van der Waals surface area contributed by atoms with Crippen LogP contribution in [0.25, 0.3) is 0 Å². The molecule has 1 aliphatic heterocycles. The van der Waals surface area contributed by atoms with Crippen molar-refractivity contribution in [2.45, 2.75) is 9.79 Å². The van der Waals surface area contributed by atoms with Gasteiger partial charge in [0.05, 0.1) is 41.7 Å². The Labute approximate surface area is 189 Å². The van der Waals surface area contributed by atoms with Gasteiger partial charge in [0.1, 0.15) is 5.75 Å². The highest BCUT2D eigenvalue weighted by Gasteiger charge is 2.27. The van der Waals surface area contributed by atoms with Crippen molar-refractivity contribution in [3.8, 4) is 5.75 Å². The van der Waals surface area contributed by atoms with Gasteiger partial charge in [-0.15, -0.1) is 11.8 Å². The second-order valence-corrected chi connectivity index (χ2v) is 10.1. The van der Waals surface area contributed by atoms with Crippen LogP contribution in [0.2, 0.25) is 10.0 Å². The van der Waals surface area contributed by atoms with Crippen molar-refractivity contribution in [1.82, 2.24) is 4.31 Å².